The van der Waals surface area contributed by atoms with E-state index in [1.165, 1.54) is 22.2 Å². The second kappa shape index (κ2) is 9.91. The summed E-state index contributed by atoms with van der Waals surface area (Å²) in [5.74, 6) is -0.0181. The molecule has 0 radical (unpaired) electrons. The first kappa shape index (κ1) is 21.4. The van der Waals surface area contributed by atoms with Gasteiger partial charge in [-0.2, -0.15) is 10.5 Å². The van der Waals surface area contributed by atoms with Crippen LogP contribution in [0.5, 0.6) is 0 Å². The Bertz CT molecular complexity index is 1030. The molecule has 0 bridgehead atoms. The molecule has 2 heterocycles. The number of thiophene rings is 1. The number of hydrogen-bond acceptors (Lipinski definition) is 7. The standard InChI is InChI=1S/C20H23N5O2S2/c1-2-10-25-19(27)17-14-6-3-7-15(14)29-18(17)23-20(25)28-13-16(26)24(11-4-8-21)12-5-9-22/h2-7,10-13H2,1H3. The van der Waals surface area contributed by atoms with Crippen LogP contribution in [0, 0.1) is 22.7 Å². The SMILES string of the molecule is CCCn1c(SCC(=O)N(CCC#N)CCC#N)nc2sc3c(c2c1=O)CCC3. The zero-order valence-electron chi connectivity index (χ0n) is 16.4. The van der Waals surface area contributed by atoms with Crippen LogP contribution in [-0.4, -0.2) is 39.2 Å². The number of carbonyl (C=O) groups excluding carboxylic acids is 1. The number of aryl methyl sites for hydroxylation is 2. The number of nitriles is 2. The van der Waals surface area contributed by atoms with Crippen molar-refractivity contribution in [3.8, 4) is 12.1 Å². The van der Waals surface area contributed by atoms with Gasteiger partial charge >= 0.3 is 0 Å². The largest absolute Gasteiger partial charge is 0.340 e. The van der Waals surface area contributed by atoms with Gasteiger partial charge in [0.15, 0.2) is 5.16 Å². The topological polar surface area (TPSA) is 103 Å². The second-order valence-corrected chi connectivity index (χ2v) is 8.90. The van der Waals surface area contributed by atoms with Gasteiger partial charge in [-0.3, -0.25) is 14.2 Å². The van der Waals surface area contributed by atoms with Gasteiger partial charge in [-0.25, -0.2) is 4.98 Å². The highest BCUT2D eigenvalue weighted by molar-refractivity contribution is 7.99. The van der Waals surface area contributed by atoms with Gasteiger partial charge in [0.1, 0.15) is 4.83 Å². The molecule has 3 rings (SSSR count). The van der Waals surface area contributed by atoms with E-state index >= 15 is 0 Å². The minimum Gasteiger partial charge on any atom is -0.340 e. The third kappa shape index (κ3) is 4.63. The van der Waals surface area contributed by atoms with E-state index in [0.29, 0.717) is 24.8 Å². The average molecular weight is 430 g/mol. The molecule has 0 saturated heterocycles. The predicted octanol–water partition coefficient (Wildman–Crippen LogP) is 3.10. The maximum Gasteiger partial charge on any atom is 0.263 e. The van der Waals surface area contributed by atoms with E-state index in [1.54, 1.807) is 20.8 Å². The van der Waals surface area contributed by atoms with Gasteiger partial charge in [0, 0.05) is 24.5 Å². The summed E-state index contributed by atoms with van der Waals surface area (Å²) in [5.41, 5.74) is 1.16. The zero-order chi connectivity index (χ0) is 20.8. The number of hydrogen-bond donors (Lipinski definition) is 0. The first-order valence-electron chi connectivity index (χ1n) is 9.80. The van der Waals surface area contributed by atoms with Gasteiger partial charge < -0.3 is 4.90 Å². The Kier molecular flexibility index (Phi) is 7.29. The smallest absolute Gasteiger partial charge is 0.263 e. The number of nitrogens with zero attached hydrogens (tertiary/aromatic N) is 5. The minimum absolute atomic E-state index is 0.00276. The van der Waals surface area contributed by atoms with Crippen molar-refractivity contribution >= 4 is 39.2 Å². The lowest BCUT2D eigenvalue weighted by atomic mass is 10.2. The fourth-order valence-electron chi connectivity index (χ4n) is 3.54. The molecule has 0 saturated carbocycles. The molecule has 0 atom stereocenters. The molecular formula is C20H23N5O2S2. The van der Waals surface area contributed by atoms with Crippen molar-refractivity contribution in [3.63, 3.8) is 0 Å². The fraction of sp³-hybridized carbons (Fsp3) is 0.550. The summed E-state index contributed by atoms with van der Waals surface area (Å²) in [6.45, 7) is 3.20. The van der Waals surface area contributed by atoms with Gasteiger partial charge in [-0.05, 0) is 31.2 Å². The van der Waals surface area contributed by atoms with Crippen LogP contribution in [-0.2, 0) is 24.2 Å². The van der Waals surface area contributed by atoms with Gasteiger partial charge in [0.2, 0.25) is 5.91 Å². The highest BCUT2D eigenvalue weighted by Gasteiger charge is 2.24. The molecule has 1 amide bonds. The lowest BCUT2D eigenvalue weighted by Gasteiger charge is -2.20. The van der Waals surface area contributed by atoms with Crippen LogP contribution >= 0.6 is 23.1 Å². The number of amides is 1. The number of rotatable bonds is 9. The molecule has 1 aliphatic carbocycles. The first-order chi connectivity index (χ1) is 14.1. The molecule has 0 N–H and O–H groups in total. The number of carbonyl (C=O) groups is 1. The molecule has 7 nitrogen and oxygen atoms in total. The monoisotopic (exact) mass is 429 g/mol. The van der Waals surface area contributed by atoms with E-state index in [0.717, 1.165) is 35.9 Å². The molecule has 0 unspecified atom stereocenters. The highest BCUT2D eigenvalue weighted by atomic mass is 32.2. The third-order valence-electron chi connectivity index (χ3n) is 4.90. The maximum atomic E-state index is 13.2. The van der Waals surface area contributed by atoms with Crippen molar-refractivity contribution in [1.82, 2.24) is 14.5 Å². The Morgan fingerprint density at radius 1 is 1.28 bits per heavy atom. The number of fused-ring (bicyclic) bond motifs is 3. The summed E-state index contributed by atoms with van der Waals surface area (Å²) < 4.78 is 1.69. The summed E-state index contributed by atoms with van der Waals surface area (Å²) in [7, 11) is 0. The van der Waals surface area contributed by atoms with E-state index < -0.39 is 0 Å². The van der Waals surface area contributed by atoms with Crippen LogP contribution in [0.25, 0.3) is 10.2 Å². The molecule has 29 heavy (non-hydrogen) atoms. The quantitative estimate of drug-likeness (QED) is 0.448. The van der Waals surface area contributed by atoms with Crippen LogP contribution in [0.4, 0.5) is 0 Å². The molecular weight excluding hydrogens is 406 g/mol. The van der Waals surface area contributed by atoms with E-state index in [2.05, 4.69) is 0 Å². The van der Waals surface area contributed by atoms with Crippen LogP contribution in [0.2, 0.25) is 0 Å². The van der Waals surface area contributed by atoms with E-state index in [9.17, 15) is 9.59 Å². The van der Waals surface area contributed by atoms with Crippen LogP contribution < -0.4 is 5.56 Å². The van der Waals surface area contributed by atoms with Gasteiger partial charge in [0.25, 0.3) is 5.56 Å². The zero-order valence-corrected chi connectivity index (χ0v) is 18.1. The fourth-order valence-corrected chi connectivity index (χ4v) is 5.77. The normalized spacial score (nSPS) is 12.5. The Labute approximate surface area is 177 Å². The molecule has 0 fully saturated rings. The summed E-state index contributed by atoms with van der Waals surface area (Å²) in [6, 6.07) is 4.07. The lowest BCUT2D eigenvalue weighted by molar-refractivity contribution is -0.128. The van der Waals surface area contributed by atoms with Crippen molar-refractivity contribution in [2.45, 2.75) is 57.1 Å². The molecule has 152 valence electrons. The van der Waals surface area contributed by atoms with Crippen LogP contribution in [0.15, 0.2) is 9.95 Å². The summed E-state index contributed by atoms with van der Waals surface area (Å²) >= 11 is 2.86. The van der Waals surface area contributed by atoms with Crippen molar-refractivity contribution < 1.29 is 4.79 Å². The van der Waals surface area contributed by atoms with E-state index in [4.69, 9.17) is 15.5 Å². The Balaban J connectivity index is 1.84. The van der Waals surface area contributed by atoms with Gasteiger partial charge in [-0.1, -0.05) is 18.7 Å². The minimum atomic E-state index is -0.147. The maximum absolute atomic E-state index is 13.2. The van der Waals surface area contributed by atoms with Crippen LogP contribution in [0.1, 0.15) is 43.0 Å². The van der Waals surface area contributed by atoms with Crippen molar-refractivity contribution in [1.29, 1.82) is 10.5 Å². The van der Waals surface area contributed by atoms with E-state index in [-0.39, 0.29) is 30.1 Å². The molecule has 1 aliphatic rings. The predicted molar refractivity (Wildman–Crippen MR) is 114 cm³/mol. The second-order valence-electron chi connectivity index (χ2n) is 6.87. The molecule has 9 heteroatoms. The summed E-state index contributed by atoms with van der Waals surface area (Å²) in [5, 5.41) is 18.9. The van der Waals surface area contributed by atoms with Crippen molar-refractivity contribution in [2.75, 3.05) is 18.8 Å². The lowest BCUT2D eigenvalue weighted by Crippen LogP contribution is -2.34. The van der Waals surface area contributed by atoms with Crippen molar-refractivity contribution in [3.05, 3.63) is 20.8 Å². The molecule has 2 aromatic rings. The molecule has 0 spiro atoms. The average Bonchev–Trinajstić information content (AvgIpc) is 3.29. The Morgan fingerprint density at radius 3 is 2.66 bits per heavy atom. The van der Waals surface area contributed by atoms with Gasteiger partial charge in [-0.15, -0.1) is 11.3 Å². The number of aromatic nitrogens is 2. The molecule has 2 aromatic heterocycles. The molecule has 0 aliphatic heterocycles. The highest BCUT2D eigenvalue weighted by Crippen LogP contribution is 2.35. The van der Waals surface area contributed by atoms with Gasteiger partial charge in [0.05, 0.1) is 36.1 Å². The summed E-state index contributed by atoms with van der Waals surface area (Å²) in [6.07, 6.45) is 4.31. The molecule has 0 aromatic carbocycles. The Hall–Kier alpha value is -2.36. The van der Waals surface area contributed by atoms with Crippen LogP contribution in [0.3, 0.4) is 0 Å². The van der Waals surface area contributed by atoms with Crippen molar-refractivity contribution in [2.24, 2.45) is 0 Å². The van der Waals surface area contributed by atoms with E-state index in [1.807, 2.05) is 19.1 Å². The Morgan fingerprint density at radius 2 is 2.00 bits per heavy atom. The summed E-state index contributed by atoms with van der Waals surface area (Å²) in [4.78, 5) is 34.1. The first-order valence-corrected chi connectivity index (χ1v) is 11.6. The number of thioether (sulfide) groups is 1. The third-order valence-corrected chi connectivity index (χ3v) is 7.05.